The van der Waals surface area contributed by atoms with Crippen LogP contribution in [-0.2, 0) is 0 Å². The Kier molecular flexibility index (Phi) is 5.12. The van der Waals surface area contributed by atoms with Crippen LogP contribution in [0.3, 0.4) is 0 Å². The van der Waals surface area contributed by atoms with Gasteiger partial charge in [-0.15, -0.1) is 6.42 Å². The van der Waals surface area contributed by atoms with Gasteiger partial charge in [0.05, 0.1) is 0 Å². The summed E-state index contributed by atoms with van der Waals surface area (Å²) in [5.41, 5.74) is 4.05. The lowest BCUT2D eigenvalue weighted by Crippen LogP contribution is -2.00. The summed E-state index contributed by atoms with van der Waals surface area (Å²) in [7, 11) is 0. The number of hydrogen-bond donors (Lipinski definition) is 0. The van der Waals surface area contributed by atoms with E-state index in [-0.39, 0.29) is 0 Å². The van der Waals surface area contributed by atoms with Crippen molar-refractivity contribution in [3.63, 3.8) is 0 Å². The summed E-state index contributed by atoms with van der Waals surface area (Å²) in [5.74, 6) is 3.24. The Morgan fingerprint density at radius 2 is 2.00 bits per heavy atom. The summed E-state index contributed by atoms with van der Waals surface area (Å²) in [6.45, 7) is 6.55. The van der Waals surface area contributed by atoms with Crippen molar-refractivity contribution in [2.45, 2.75) is 52.4 Å². The molecule has 0 saturated carbocycles. The van der Waals surface area contributed by atoms with Crippen LogP contribution in [0.15, 0.2) is 18.2 Å². The van der Waals surface area contributed by atoms with E-state index < -0.39 is 0 Å². The van der Waals surface area contributed by atoms with Crippen molar-refractivity contribution >= 4 is 0 Å². The second-order valence-electron chi connectivity index (χ2n) is 4.50. The summed E-state index contributed by atoms with van der Waals surface area (Å²) < 4.78 is 0. The van der Waals surface area contributed by atoms with E-state index in [4.69, 9.17) is 6.42 Å². The fourth-order valence-electron chi connectivity index (χ4n) is 2.08. The molecule has 1 aromatic carbocycles. The first kappa shape index (κ1) is 12.8. The third-order valence-corrected chi connectivity index (χ3v) is 3.32. The Balaban J connectivity index is 2.80. The quantitative estimate of drug-likeness (QED) is 0.496. The van der Waals surface area contributed by atoms with Crippen LogP contribution in [0, 0.1) is 26.2 Å². The molecule has 0 spiro atoms. The lowest BCUT2D eigenvalue weighted by Gasteiger charge is -2.15. The van der Waals surface area contributed by atoms with Gasteiger partial charge in [-0.05, 0) is 37.0 Å². The molecule has 0 nitrogen and oxygen atoms in total. The monoisotopic (exact) mass is 214 g/mol. The van der Waals surface area contributed by atoms with Crippen molar-refractivity contribution in [3.05, 3.63) is 34.9 Å². The zero-order chi connectivity index (χ0) is 12.0. The van der Waals surface area contributed by atoms with Gasteiger partial charge in [-0.1, -0.05) is 50.3 Å². The zero-order valence-corrected chi connectivity index (χ0v) is 10.7. The van der Waals surface area contributed by atoms with Crippen molar-refractivity contribution in [1.82, 2.24) is 0 Å². The fraction of sp³-hybridized carbons (Fsp3) is 0.500. The fourth-order valence-corrected chi connectivity index (χ4v) is 2.08. The van der Waals surface area contributed by atoms with Gasteiger partial charge in [0.1, 0.15) is 0 Å². The molecule has 0 saturated heterocycles. The molecule has 1 unspecified atom stereocenters. The molecule has 0 aliphatic carbocycles. The number of terminal acetylenes is 1. The normalized spacial score (nSPS) is 12.1. The smallest absolute Gasteiger partial charge is 0.0452 e. The van der Waals surface area contributed by atoms with E-state index in [0.717, 1.165) is 6.42 Å². The summed E-state index contributed by atoms with van der Waals surface area (Å²) >= 11 is 0. The average Bonchev–Trinajstić information content (AvgIpc) is 2.29. The second-order valence-corrected chi connectivity index (χ2v) is 4.50. The Hall–Kier alpha value is -1.22. The summed E-state index contributed by atoms with van der Waals surface area (Å²) in [5, 5.41) is 0. The van der Waals surface area contributed by atoms with Crippen LogP contribution >= 0.6 is 0 Å². The number of aryl methyl sites for hydroxylation is 1. The van der Waals surface area contributed by atoms with Gasteiger partial charge in [-0.25, -0.2) is 0 Å². The van der Waals surface area contributed by atoms with Gasteiger partial charge in [0.15, 0.2) is 0 Å². The highest BCUT2D eigenvalue weighted by molar-refractivity contribution is 5.38. The average molecular weight is 214 g/mol. The van der Waals surface area contributed by atoms with Crippen LogP contribution in [0.5, 0.6) is 0 Å². The molecule has 0 bridgehead atoms. The van der Waals surface area contributed by atoms with E-state index in [0.29, 0.717) is 5.92 Å². The van der Waals surface area contributed by atoms with Gasteiger partial charge < -0.3 is 0 Å². The molecule has 1 rings (SSSR count). The standard InChI is InChI=1S/C16H22/c1-5-7-8-11-15(6-2)16-12-9-10-13(3)14(16)4/h2,9-10,12,15H,5,7-8,11H2,1,3-4H3. The van der Waals surface area contributed by atoms with E-state index >= 15 is 0 Å². The Labute approximate surface area is 100 Å². The Morgan fingerprint density at radius 3 is 2.62 bits per heavy atom. The lowest BCUT2D eigenvalue weighted by atomic mass is 9.89. The van der Waals surface area contributed by atoms with Crippen molar-refractivity contribution in [2.75, 3.05) is 0 Å². The Morgan fingerprint density at radius 1 is 1.25 bits per heavy atom. The topological polar surface area (TPSA) is 0 Å². The molecule has 0 aliphatic heterocycles. The maximum absolute atomic E-state index is 5.66. The van der Waals surface area contributed by atoms with Crippen LogP contribution in [-0.4, -0.2) is 0 Å². The van der Waals surface area contributed by atoms with E-state index in [2.05, 4.69) is 44.9 Å². The molecule has 1 aromatic rings. The molecule has 16 heavy (non-hydrogen) atoms. The van der Waals surface area contributed by atoms with Crippen LogP contribution in [0.2, 0.25) is 0 Å². The number of hydrogen-bond acceptors (Lipinski definition) is 0. The van der Waals surface area contributed by atoms with E-state index in [1.807, 2.05) is 0 Å². The van der Waals surface area contributed by atoms with Crippen LogP contribution < -0.4 is 0 Å². The number of unbranched alkanes of at least 4 members (excludes halogenated alkanes) is 2. The predicted molar refractivity (Wildman–Crippen MR) is 71.6 cm³/mol. The maximum atomic E-state index is 5.66. The van der Waals surface area contributed by atoms with E-state index in [1.54, 1.807) is 0 Å². The first-order valence-electron chi connectivity index (χ1n) is 6.23. The predicted octanol–water partition coefficient (Wildman–Crippen LogP) is 4.60. The van der Waals surface area contributed by atoms with Crippen LogP contribution in [0.25, 0.3) is 0 Å². The highest BCUT2D eigenvalue weighted by Gasteiger charge is 2.11. The van der Waals surface area contributed by atoms with Crippen molar-refractivity contribution in [1.29, 1.82) is 0 Å². The molecule has 0 aliphatic rings. The Bertz CT molecular complexity index is 368. The first-order chi connectivity index (χ1) is 7.70. The largest absolute Gasteiger partial charge is 0.119 e. The molecule has 0 heterocycles. The molecule has 0 N–H and O–H groups in total. The maximum Gasteiger partial charge on any atom is 0.0452 e. The minimum atomic E-state index is 0.298. The van der Waals surface area contributed by atoms with E-state index in [9.17, 15) is 0 Å². The van der Waals surface area contributed by atoms with Crippen molar-refractivity contribution in [3.8, 4) is 12.3 Å². The third kappa shape index (κ3) is 3.14. The minimum absolute atomic E-state index is 0.298. The SMILES string of the molecule is C#CC(CCCCC)c1cccc(C)c1C. The molecular weight excluding hydrogens is 192 g/mol. The molecule has 0 aromatic heterocycles. The summed E-state index contributed by atoms with van der Waals surface area (Å²) in [4.78, 5) is 0. The lowest BCUT2D eigenvalue weighted by molar-refractivity contribution is 0.636. The van der Waals surface area contributed by atoms with Crippen molar-refractivity contribution in [2.24, 2.45) is 0 Å². The molecule has 86 valence electrons. The van der Waals surface area contributed by atoms with Gasteiger partial charge in [-0.3, -0.25) is 0 Å². The number of benzene rings is 1. The van der Waals surface area contributed by atoms with E-state index in [1.165, 1.54) is 36.0 Å². The second kappa shape index (κ2) is 6.38. The summed E-state index contributed by atoms with van der Waals surface area (Å²) in [6, 6.07) is 6.44. The molecule has 0 radical (unpaired) electrons. The molecule has 0 heteroatoms. The third-order valence-electron chi connectivity index (χ3n) is 3.32. The highest BCUT2D eigenvalue weighted by Crippen LogP contribution is 2.26. The zero-order valence-electron chi connectivity index (χ0n) is 10.7. The van der Waals surface area contributed by atoms with Gasteiger partial charge in [0, 0.05) is 5.92 Å². The van der Waals surface area contributed by atoms with Gasteiger partial charge in [0.2, 0.25) is 0 Å². The van der Waals surface area contributed by atoms with Gasteiger partial charge in [0.25, 0.3) is 0 Å². The molecular formula is C16H22. The molecule has 0 fully saturated rings. The van der Waals surface area contributed by atoms with Crippen LogP contribution in [0.1, 0.15) is 55.2 Å². The molecule has 0 amide bonds. The van der Waals surface area contributed by atoms with Gasteiger partial charge >= 0.3 is 0 Å². The first-order valence-corrected chi connectivity index (χ1v) is 6.23. The van der Waals surface area contributed by atoms with Gasteiger partial charge in [-0.2, -0.15) is 0 Å². The molecule has 1 atom stereocenters. The summed E-state index contributed by atoms with van der Waals surface area (Å²) in [6.07, 6.45) is 10.5. The highest BCUT2D eigenvalue weighted by atomic mass is 14.1. The van der Waals surface area contributed by atoms with Crippen LogP contribution in [0.4, 0.5) is 0 Å². The van der Waals surface area contributed by atoms with Crippen molar-refractivity contribution < 1.29 is 0 Å². The number of rotatable bonds is 5. The minimum Gasteiger partial charge on any atom is -0.119 e.